The molecule has 1 aromatic heterocycles. The van der Waals surface area contributed by atoms with Crippen LogP contribution in [0.25, 0.3) is 0 Å². The minimum absolute atomic E-state index is 0.172. The smallest absolute Gasteiger partial charge is 0.290 e. The molecular weight excluding hydrogens is 388 g/mol. The molecule has 1 aliphatic heterocycles. The molecule has 0 spiro atoms. The van der Waals surface area contributed by atoms with Crippen LogP contribution < -0.4 is 0 Å². The van der Waals surface area contributed by atoms with Crippen molar-refractivity contribution in [3.05, 3.63) is 113 Å². The van der Waals surface area contributed by atoms with E-state index in [0.29, 0.717) is 12.1 Å². The summed E-state index contributed by atoms with van der Waals surface area (Å²) in [6.07, 6.45) is 2.43. The van der Waals surface area contributed by atoms with Gasteiger partial charge in [-0.3, -0.25) is 14.6 Å². The molecule has 0 saturated heterocycles. The largest absolute Gasteiger partial charge is 0.503 e. The third kappa shape index (κ3) is 4.26. The normalized spacial score (nSPS) is 16.1. The van der Waals surface area contributed by atoms with Crippen molar-refractivity contribution in [2.24, 2.45) is 0 Å². The summed E-state index contributed by atoms with van der Waals surface area (Å²) in [4.78, 5) is 32.1. The quantitative estimate of drug-likeness (QED) is 0.621. The first-order valence-corrected chi connectivity index (χ1v) is 10.3. The van der Waals surface area contributed by atoms with Crippen molar-refractivity contribution in [1.29, 1.82) is 0 Å². The number of hydrogen-bond acceptors (Lipinski definition) is 4. The number of carbonyl (C=O) groups is 2. The number of Topliss-reactive ketones (excluding diaryl/α,β-unsaturated/α-hetero) is 1. The molecule has 156 valence electrons. The molecule has 5 heteroatoms. The predicted molar refractivity (Wildman–Crippen MR) is 118 cm³/mol. The molecule has 0 bridgehead atoms. The molecule has 5 nitrogen and oxygen atoms in total. The fraction of sp³-hybridized carbons (Fsp3) is 0.192. The van der Waals surface area contributed by atoms with Gasteiger partial charge in [0.05, 0.1) is 23.9 Å². The number of benzene rings is 2. The van der Waals surface area contributed by atoms with Crippen LogP contribution in [0, 0.1) is 6.92 Å². The van der Waals surface area contributed by atoms with Crippen LogP contribution in [0.2, 0.25) is 0 Å². The Hall–Kier alpha value is -3.73. The number of aromatic nitrogens is 1. The Morgan fingerprint density at radius 1 is 1.00 bits per heavy atom. The third-order valence-corrected chi connectivity index (χ3v) is 5.63. The zero-order valence-corrected chi connectivity index (χ0v) is 17.4. The van der Waals surface area contributed by atoms with Crippen molar-refractivity contribution in [3.8, 4) is 0 Å². The second-order valence-electron chi connectivity index (χ2n) is 7.68. The molecule has 1 atom stereocenters. The lowest BCUT2D eigenvalue weighted by Crippen LogP contribution is -2.31. The molecule has 2 heterocycles. The van der Waals surface area contributed by atoms with Gasteiger partial charge in [-0.2, -0.15) is 0 Å². The number of rotatable bonds is 7. The van der Waals surface area contributed by atoms with Crippen molar-refractivity contribution in [2.75, 3.05) is 0 Å². The summed E-state index contributed by atoms with van der Waals surface area (Å²) in [6, 6.07) is 22.2. The first kappa shape index (κ1) is 20.5. The van der Waals surface area contributed by atoms with Gasteiger partial charge in [0.2, 0.25) is 0 Å². The second-order valence-corrected chi connectivity index (χ2v) is 7.68. The maximum Gasteiger partial charge on any atom is 0.290 e. The lowest BCUT2D eigenvalue weighted by molar-refractivity contribution is -0.130. The number of pyridine rings is 1. The molecule has 1 unspecified atom stereocenters. The van der Waals surface area contributed by atoms with Crippen molar-refractivity contribution in [1.82, 2.24) is 9.88 Å². The molecule has 4 rings (SSSR count). The highest BCUT2D eigenvalue weighted by atomic mass is 16.3. The Morgan fingerprint density at radius 3 is 2.42 bits per heavy atom. The Labute approximate surface area is 181 Å². The van der Waals surface area contributed by atoms with Gasteiger partial charge in [-0.15, -0.1) is 0 Å². The molecule has 1 N–H and O–H groups in total. The van der Waals surface area contributed by atoms with Gasteiger partial charge in [-0.1, -0.05) is 60.7 Å². The van der Waals surface area contributed by atoms with E-state index in [0.717, 1.165) is 16.7 Å². The van der Waals surface area contributed by atoms with Gasteiger partial charge in [0.15, 0.2) is 11.5 Å². The van der Waals surface area contributed by atoms with E-state index in [4.69, 9.17) is 0 Å². The molecule has 31 heavy (non-hydrogen) atoms. The van der Waals surface area contributed by atoms with Gasteiger partial charge in [-0.05, 0) is 42.2 Å². The Balaban J connectivity index is 1.68. The van der Waals surface area contributed by atoms with E-state index >= 15 is 0 Å². The minimum Gasteiger partial charge on any atom is -0.503 e. The SMILES string of the molecule is Cc1ccccc1C1C(C(=O)CCc2ccccc2)=C(O)C(=O)N1Cc1ccccn1. The summed E-state index contributed by atoms with van der Waals surface area (Å²) >= 11 is 0. The zero-order valence-electron chi connectivity index (χ0n) is 17.4. The van der Waals surface area contributed by atoms with Crippen molar-refractivity contribution in [3.63, 3.8) is 0 Å². The summed E-state index contributed by atoms with van der Waals surface area (Å²) in [5.74, 6) is -1.21. The summed E-state index contributed by atoms with van der Waals surface area (Å²) in [5, 5.41) is 10.7. The van der Waals surface area contributed by atoms with Gasteiger partial charge in [0.1, 0.15) is 0 Å². The van der Waals surface area contributed by atoms with Gasteiger partial charge in [0.25, 0.3) is 5.91 Å². The molecular formula is C26H24N2O3. The van der Waals surface area contributed by atoms with Crippen LogP contribution in [0.1, 0.15) is 34.8 Å². The Bertz CT molecular complexity index is 1120. The monoisotopic (exact) mass is 412 g/mol. The van der Waals surface area contributed by atoms with E-state index in [-0.39, 0.29) is 24.3 Å². The molecule has 0 radical (unpaired) electrons. The number of ketones is 1. The van der Waals surface area contributed by atoms with Gasteiger partial charge < -0.3 is 10.0 Å². The van der Waals surface area contributed by atoms with Crippen LogP contribution in [-0.2, 0) is 22.6 Å². The molecule has 3 aromatic rings. The van der Waals surface area contributed by atoms with Crippen LogP contribution in [0.5, 0.6) is 0 Å². The first-order chi connectivity index (χ1) is 15.1. The van der Waals surface area contributed by atoms with Crippen molar-refractivity contribution >= 4 is 11.7 Å². The summed E-state index contributed by atoms with van der Waals surface area (Å²) < 4.78 is 0. The van der Waals surface area contributed by atoms with Crippen LogP contribution in [-0.4, -0.2) is 26.7 Å². The molecule has 0 fully saturated rings. The maximum absolute atomic E-state index is 13.3. The van der Waals surface area contributed by atoms with Crippen molar-refractivity contribution < 1.29 is 14.7 Å². The highest BCUT2D eigenvalue weighted by molar-refractivity contribution is 6.09. The summed E-state index contributed by atoms with van der Waals surface area (Å²) in [7, 11) is 0. The fourth-order valence-electron chi connectivity index (χ4n) is 4.02. The number of aryl methyl sites for hydroxylation is 2. The lowest BCUT2D eigenvalue weighted by atomic mass is 9.91. The Kier molecular flexibility index (Phi) is 5.94. The molecule has 0 saturated carbocycles. The number of aliphatic hydroxyl groups is 1. The van der Waals surface area contributed by atoms with Crippen LogP contribution >= 0.6 is 0 Å². The van der Waals surface area contributed by atoms with Gasteiger partial charge in [0, 0.05) is 12.6 Å². The zero-order chi connectivity index (χ0) is 21.8. The van der Waals surface area contributed by atoms with Gasteiger partial charge >= 0.3 is 0 Å². The average molecular weight is 412 g/mol. The van der Waals surface area contributed by atoms with Crippen LogP contribution in [0.15, 0.2) is 90.3 Å². The maximum atomic E-state index is 13.3. The average Bonchev–Trinajstić information content (AvgIpc) is 3.04. The fourth-order valence-corrected chi connectivity index (χ4v) is 4.02. The van der Waals surface area contributed by atoms with E-state index in [1.807, 2.05) is 79.7 Å². The summed E-state index contributed by atoms with van der Waals surface area (Å²) in [5.41, 5.74) is 3.69. The molecule has 0 aliphatic carbocycles. The van der Waals surface area contributed by atoms with Gasteiger partial charge in [-0.25, -0.2) is 0 Å². The highest BCUT2D eigenvalue weighted by Gasteiger charge is 2.43. The topological polar surface area (TPSA) is 70.5 Å². The molecule has 1 amide bonds. The van der Waals surface area contributed by atoms with Crippen molar-refractivity contribution in [2.45, 2.75) is 32.4 Å². The standard InChI is InChI=1S/C26H24N2O3/c1-18-9-5-6-13-21(18)24-23(22(29)15-14-19-10-3-2-4-11-19)25(30)26(31)28(24)17-20-12-7-8-16-27-20/h2-13,16,24,30H,14-15,17H2,1H3. The van der Waals surface area contributed by atoms with E-state index in [1.165, 1.54) is 4.90 Å². The number of hydrogen-bond donors (Lipinski definition) is 1. The minimum atomic E-state index is -0.640. The van der Waals surface area contributed by atoms with E-state index in [1.54, 1.807) is 6.20 Å². The lowest BCUT2D eigenvalue weighted by Gasteiger charge is -2.27. The summed E-state index contributed by atoms with van der Waals surface area (Å²) in [6.45, 7) is 2.15. The van der Waals surface area contributed by atoms with E-state index in [2.05, 4.69) is 4.98 Å². The second kappa shape index (κ2) is 8.96. The molecule has 2 aromatic carbocycles. The third-order valence-electron chi connectivity index (χ3n) is 5.63. The van der Waals surface area contributed by atoms with Crippen LogP contribution in [0.4, 0.5) is 0 Å². The van der Waals surface area contributed by atoms with E-state index in [9.17, 15) is 14.7 Å². The van der Waals surface area contributed by atoms with E-state index < -0.39 is 17.7 Å². The highest BCUT2D eigenvalue weighted by Crippen LogP contribution is 2.40. The number of aliphatic hydroxyl groups excluding tert-OH is 1. The first-order valence-electron chi connectivity index (χ1n) is 10.3. The Morgan fingerprint density at radius 2 is 1.71 bits per heavy atom. The number of nitrogens with zero attached hydrogens (tertiary/aromatic N) is 2. The molecule has 1 aliphatic rings. The van der Waals surface area contributed by atoms with Crippen LogP contribution in [0.3, 0.4) is 0 Å². The number of amides is 1. The predicted octanol–water partition coefficient (Wildman–Crippen LogP) is 4.49. The number of carbonyl (C=O) groups excluding carboxylic acids is 2.